The minimum absolute atomic E-state index is 1.19. The average Bonchev–Trinajstić information content (AvgIpc) is 2.04. The largest absolute Gasteiger partial charge is 0.0890 e. The zero-order chi connectivity index (χ0) is 8.10. The lowest BCUT2D eigenvalue weighted by Crippen LogP contribution is -1.85. The summed E-state index contributed by atoms with van der Waals surface area (Å²) in [5.74, 6) is 1.21. The molecule has 0 radical (unpaired) electrons. The molecule has 0 bridgehead atoms. The maximum Gasteiger partial charge on any atom is 0.00739 e. The number of halogens is 1. The first kappa shape index (κ1) is 9.39. The average molecular weight is 278 g/mol. The third-order valence-electron chi connectivity index (χ3n) is 1.59. The van der Waals surface area contributed by atoms with Crippen LogP contribution in [0.1, 0.15) is 11.1 Å². The quantitative estimate of drug-likeness (QED) is 0.761. The summed E-state index contributed by atoms with van der Waals surface area (Å²) < 4.78 is 0. The summed E-state index contributed by atoms with van der Waals surface area (Å²) in [5, 5.41) is 0. The fraction of sp³-hybridized carbons (Fsp3) is 0.333. The topological polar surface area (TPSA) is 0 Å². The van der Waals surface area contributed by atoms with Crippen LogP contribution in [0.5, 0.6) is 0 Å². The van der Waals surface area contributed by atoms with Crippen LogP contribution in [-0.2, 0) is 6.42 Å². The maximum atomic E-state index is 2.34. The van der Waals surface area contributed by atoms with E-state index in [1.165, 1.54) is 23.3 Å². The molecule has 0 aliphatic heterocycles. The van der Waals surface area contributed by atoms with Crippen LogP contribution in [0.2, 0.25) is 0 Å². The van der Waals surface area contributed by atoms with Crippen molar-refractivity contribution in [3.05, 3.63) is 35.4 Å². The summed E-state index contributed by atoms with van der Waals surface area (Å²) in [6.45, 7) is 2.12. The van der Waals surface area contributed by atoms with E-state index in [0.29, 0.717) is 0 Å². The Morgan fingerprint density at radius 1 is 1.27 bits per heavy atom. The van der Waals surface area contributed by atoms with Crippen molar-refractivity contribution in [2.24, 2.45) is 0 Å². The molecule has 1 rings (SSSR count). The third kappa shape index (κ3) is 3.47. The summed E-state index contributed by atoms with van der Waals surface area (Å²) >= 11 is 2.34. The van der Waals surface area contributed by atoms with Crippen LogP contribution >= 0.6 is 30.1 Å². The van der Waals surface area contributed by atoms with Gasteiger partial charge in [-0.2, -0.15) is 0 Å². The molecule has 0 saturated heterocycles. The third-order valence-corrected chi connectivity index (χ3v) is 3.27. The van der Waals surface area contributed by atoms with E-state index in [2.05, 4.69) is 52.4 Å². The van der Waals surface area contributed by atoms with Crippen molar-refractivity contribution in [2.75, 3.05) is 5.75 Å². The Morgan fingerprint density at radius 2 is 1.91 bits per heavy atom. The molecule has 0 fully saturated rings. The van der Waals surface area contributed by atoms with Gasteiger partial charge in [-0.15, -0.1) is 0 Å². The molecular weight excluding hydrogens is 267 g/mol. The highest BCUT2D eigenvalue weighted by atomic mass is 127. The summed E-state index contributed by atoms with van der Waals surface area (Å²) in [7, 11) is 1.87. The molecule has 0 aliphatic rings. The van der Waals surface area contributed by atoms with E-state index in [1.807, 2.05) is 8.93 Å². The van der Waals surface area contributed by atoms with Crippen molar-refractivity contribution in [3.8, 4) is 0 Å². The molecule has 0 atom stereocenters. The summed E-state index contributed by atoms with van der Waals surface area (Å²) in [4.78, 5) is 0. The minimum Gasteiger partial charge on any atom is -0.0890 e. The van der Waals surface area contributed by atoms with Crippen LogP contribution in [0, 0.1) is 6.92 Å². The summed E-state index contributed by atoms with van der Waals surface area (Å²) in [6, 6.07) is 8.77. The first-order chi connectivity index (χ1) is 5.33. The van der Waals surface area contributed by atoms with Gasteiger partial charge >= 0.3 is 0 Å². The molecule has 0 N–H and O–H groups in total. The van der Waals surface area contributed by atoms with Crippen molar-refractivity contribution < 1.29 is 0 Å². The van der Waals surface area contributed by atoms with E-state index in [9.17, 15) is 0 Å². The van der Waals surface area contributed by atoms with Crippen LogP contribution in [-0.4, -0.2) is 5.75 Å². The summed E-state index contributed by atoms with van der Waals surface area (Å²) in [6.07, 6.45) is 1.19. The lowest BCUT2D eigenvalue weighted by atomic mass is 10.1. The molecule has 0 spiro atoms. The van der Waals surface area contributed by atoms with Gasteiger partial charge in [0, 0.05) is 5.75 Å². The maximum absolute atomic E-state index is 2.34. The predicted octanol–water partition coefficient (Wildman–Crippen LogP) is 3.62. The van der Waals surface area contributed by atoms with Gasteiger partial charge in [-0.1, -0.05) is 38.8 Å². The number of hydrogen-bond donors (Lipinski definition) is 0. The first-order valence-electron chi connectivity index (χ1n) is 3.62. The van der Waals surface area contributed by atoms with Crippen LogP contribution in [0.25, 0.3) is 0 Å². The predicted molar refractivity (Wildman–Crippen MR) is 61.4 cm³/mol. The van der Waals surface area contributed by atoms with E-state index >= 15 is 0 Å². The lowest BCUT2D eigenvalue weighted by Gasteiger charge is -1.98. The second kappa shape index (κ2) is 5.04. The molecule has 2 heteroatoms. The van der Waals surface area contributed by atoms with Crippen LogP contribution in [0.4, 0.5) is 0 Å². The molecule has 1 aromatic carbocycles. The molecule has 0 aliphatic carbocycles. The number of rotatable bonds is 3. The van der Waals surface area contributed by atoms with Gasteiger partial charge in [0.25, 0.3) is 0 Å². The van der Waals surface area contributed by atoms with Gasteiger partial charge in [0.15, 0.2) is 0 Å². The summed E-state index contributed by atoms with van der Waals surface area (Å²) in [5.41, 5.74) is 2.79. The number of hydrogen-bond acceptors (Lipinski definition) is 1. The monoisotopic (exact) mass is 278 g/mol. The second-order valence-corrected chi connectivity index (χ2v) is 5.04. The SMILES string of the molecule is Cc1ccc(CCSI)cc1. The highest BCUT2D eigenvalue weighted by Gasteiger charge is 1.90. The highest BCUT2D eigenvalue weighted by Crippen LogP contribution is 2.13. The van der Waals surface area contributed by atoms with Crippen LogP contribution in [0.3, 0.4) is 0 Å². The van der Waals surface area contributed by atoms with Crippen molar-refractivity contribution in [2.45, 2.75) is 13.3 Å². The van der Waals surface area contributed by atoms with Gasteiger partial charge in [0.05, 0.1) is 0 Å². The second-order valence-electron chi connectivity index (χ2n) is 2.55. The zero-order valence-corrected chi connectivity index (χ0v) is 9.48. The highest BCUT2D eigenvalue weighted by molar-refractivity contribution is 14.2. The van der Waals surface area contributed by atoms with Crippen LogP contribution < -0.4 is 0 Å². The van der Waals surface area contributed by atoms with Gasteiger partial charge in [-0.3, -0.25) is 0 Å². The van der Waals surface area contributed by atoms with Gasteiger partial charge in [-0.25, -0.2) is 0 Å². The molecule has 0 unspecified atom stereocenters. The Bertz CT molecular complexity index is 205. The van der Waals surface area contributed by atoms with Crippen molar-refractivity contribution >= 4 is 30.1 Å². The van der Waals surface area contributed by atoms with Crippen molar-refractivity contribution in [1.82, 2.24) is 0 Å². The molecule has 1 aromatic rings. The Hall–Kier alpha value is 0.300. The smallest absolute Gasteiger partial charge is 0.00739 e. The fourth-order valence-electron chi connectivity index (χ4n) is 0.911. The lowest BCUT2D eigenvalue weighted by molar-refractivity contribution is 1.16. The Labute approximate surface area is 84.4 Å². The molecule has 0 amide bonds. The Morgan fingerprint density at radius 3 is 2.45 bits per heavy atom. The number of benzene rings is 1. The van der Waals surface area contributed by atoms with Gasteiger partial charge in [0.2, 0.25) is 0 Å². The molecule has 0 saturated carbocycles. The molecule has 60 valence electrons. The molecule has 11 heavy (non-hydrogen) atoms. The number of aryl methyl sites for hydroxylation is 2. The Kier molecular flexibility index (Phi) is 4.30. The van der Waals surface area contributed by atoms with Gasteiger partial charge in [0.1, 0.15) is 0 Å². The molecular formula is C9H11IS. The van der Waals surface area contributed by atoms with E-state index in [-0.39, 0.29) is 0 Å². The van der Waals surface area contributed by atoms with Crippen molar-refractivity contribution in [1.29, 1.82) is 0 Å². The Balaban J connectivity index is 2.52. The van der Waals surface area contributed by atoms with E-state index in [0.717, 1.165) is 0 Å². The standard InChI is InChI=1S/C9H11IS/c1-8-2-4-9(5-3-8)6-7-11-10/h2-5H,6-7H2,1H3. The first-order valence-corrected chi connectivity index (χ1v) is 7.15. The molecule has 0 heterocycles. The van der Waals surface area contributed by atoms with Gasteiger partial charge in [-0.05, 0) is 40.1 Å². The van der Waals surface area contributed by atoms with E-state index in [1.54, 1.807) is 0 Å². The van der Waals surface area contributed by atoms with E-state index in [4.69, 9.17) is 0 Å². The fourth-order valence-corrected chi connectivity index (χ4v) is 1.88. The molecule has 0 aromatic heterocycles. The van der Waals surface area contributed by atoms with Crippen molar-refractivity contribution in [3.63, 3.8) is 0 Å². The molecule has 0 nitrogen and oxygen atoms in total. The van der Waals surface area contributed by atoms with Gasteiger partial charge < -0.3 is 0 Å². The van der Waals surface area contributed by atoms with Crippen LogP contribution in [0.15, 0.2) is 24.3 Å². The zero-order valence-electron chi connectivity index (χ0n) is 6.51. The minimum atomic E-state index is 1.19. The van der Waals surface area contributed by atoms with E-state index < -0.39 is 0 Å². The normalized spacial score (nSPS) is 10.0.